The lowest BCUT2D eigenvalue weighted by Gasteiger charge is -2.46. The van der Waals surface area contributed by atoms with Crippen molar-refractivity contribution >= 4 is 34.5 Å². The first-order valence-corrected chi connectivity index (χ1v) is 14.6. The molecule has 1 amide bonds. The number of hydrogen-bond donors (Lipinski definition) is 2. The third-order valence-electron chi connectivity index (χ3n) is 9.18. The van der Waals surface area contributed by atoms with E-state index in [0.717, 1.165) is 57.0 Å². The quantitative estimate of drug-likeness (QED) is 0.419. The van der Waals surface area contributed by atoms with E-state index in [4.69, 9.17) is 10.1 Å². The van der Waals surface area contributed by atoms with Crippen LogP contribution in [0.2, 0.25) is 0 Å². The number of carbonyl (C=O) groups is 2. The Kier molecular flexibility index (Phi) is 7.56. The first-order valence-electron chi connectivity index (χ1n) is 14.6. The average molecular weight is 560 g/mol. The van der Waals surface area contributed by atoms with Gasteiger partial charge in [0.15, 0.2) is 5.78 Å². The highest BCUT2D eigenvalue weighted by atomic mass is 16.3. The van der Waals surface area contributed by atoms with Gasteiger partial charge in [0.1, 0.15) is 18.1 Å². The molecule has 3 aromatic rings. The zero-order chi connectivity index (χ0) is 28.7. The van der Waals surface area contributed by atoms with E-state index in [9.17, 15) is 14.4 Å². The summed E-state index contributed by atoms with van der Waals surface area (Å²) in [5.41, 5.74) is 2.34. The summed E-state index contributed by atoms with van der Waals surface area (Å²) in [6.45, 7) is 5.86. The first-order chi connectivity index (χ1) is 19.8. The number of amides is 1. The number of rotatable bonds is 7. The maximum atomic E-state index is 13.4. The summed E-state index contributed by atoms with van der Waals surface area (Å²) < 4.78 is 1.72. The fraction of sp³-hybridized carbons (Fsp3) is 0.533. The minimum atomic E-state index is -0.417. The molecule has 4 heterocycles. The van der Waals surface area contributed by atoms with Crippen molar-refractivity contribution in [3.8, 4) is 0 Å². The van der Waals surface area contributed by atoms with Crippen LogP contribution in [0.1, 0.15) is 78.9 Å². The number of hydrogen-bond acceptors (Lipinski definition) is 9. The van der Waals surface area contributed by atoms with Crippen molar-refractivity contribution in [3.05, 3.63) is 51.6 Å². The molecule has 0 bridgehead atoms. The van der Waals surface area contributed by atoms with Gasteiger partial charge >= 0.3 is 0 Å². The van der Waals surface area contributed by atoms with E-state index >= 15 is 0 Å². The van der Waals surface area contributed by atoms with Crippen molar-refractivity contribution in [2.45, 2.75) is 70.4 Å². The van der Waals surface area contributed by atoms with Crippen LogP contribution in [0.4, 0.5) is 11.8 Å². The molecule has 0 atom stereocenters. The maximum absolute atomic E-state index is 13.4. The largest absolute Gasteiger partial charge is 0.387 e. The van der Waals surface area contributed by atoms with Crippen LogP contribution in [-0.4, -0.2) is 84.9 Å². The predicted octanol–water partition coefficient (Wildman–Crippen LogP) is 2.94. The number of piperazine rings is 1. The highest BCUT2D eigenvalue weighted by Gasteiger charge is 2.36. The summed E-state index contributed by atoms with van der Waals surface area (Å²) in [5, 5.41) is 13.0. The van der Waals surface area contributed by atoms with Gasteiger partial charge in [0.25, 0.3) is 5.56 Å². The molecule has 2 saturated carbocycles. The minimum absolute atomic E-state index is 0.0297. The molecule has 3 aromatic heterocycles. The Morgan fingerprint density at radius 3 is 2.39 bits per heavy atom. The highest BCUT2D eigenvalue weighted by molar-refractivity contribution is 5.99. The van der Waals surface area contributed by atoms with Crippen molar-refractivity contribution in [2.24, 2.45) is 0 Å². The normalized spacial score (nSPS) is 21.7. The molecule has 11 nitrogen and oxygen atoms in total. The Labute approximate surface area is 238 Å². The van der Waals surface area contributed by atoms with Crippen LogP contribution in [0.3, 0.4) is 0 Å². The van der Waals surface area contributed by atoms with Crippen molar-refractivity contribution in [3.63, 3.8) is 0 Å². The SMILES string of the molecule is CC(=O)c1c(C)c2cnc(Nc3ccc(C4CC(N5CCN(C(=O)CO)CC5)C4)cn3)nc2n(C2CCCC2)c1=O. The minimum Gasteiger partial charge on any atom is -0.387 e. The second-order valence-corrected chi connectivity index (χ2v) is 11.6. The molecule has 0 aromatic carbocycles. The average Bonchev–Trinajstić information content (AvgIpc) is 3.47. The van der Waals surface area contributed by atoms with Gasteiger partial charge in [-0.15, -0.1) is 0 Å². The number of nitrogens with zero attached hydrogens (tertiary/aromatic N) is 6. The third kappa shape index (κ3) is 5.24. The molecule has 0 unspecified atom stereocenters. The van der Waals surface area contributed by atoms with E-state index < -0.39 is 6.61 Å². The zero-order valence-corrected chi connectivity index (χ0v) is 23.7. The Morgan fingerprint density at radius 1 is 1.02 bits per heavy atom. The molecule has 216 valence electrons. The molecule has 0 spiro atoms. The van der Waals surface area contributed by atoms with E-state index in [0.29, 0.717) is 48.0 Å². The summed E-state index contributed by atoms with van der Waals surface area (Å²) in [7, 11) is 0. The fourth-order valence-electron chi connectivity index (χ4n) is 6.74. The van der Waals surface area contributed by atoms with Gasteiger partial charge in [-0.05, 0) is 62.6 Å². The van der Waals surface area contributed by atoms with Gasteiger partial charge < -0.3 is 15.3 Å². The van der Waals surface area contributed by atoms with Crippen LogP contribution >= 0.6 is 0 Å². The number of anilines is 2. The number of aromatic nitrogens is 4. The monoisotopic (exact) mass is 559 g/mol. The molecule has 41 heavy (non-hydrogen) atoms. The van der Waals surface area contributed by atoms with Crippen LogP contribution in [0.25, 0.3) is 11.0 Å². The fourth-order valence-corrected chi connectivity index (χ4v) is 6.74. The number of Topliss-reactive ketones (excluding diaryl/α,β-unsaturated/α-hetero) is 1. The zero-order valence-electron chi connectivity index (χ0n) is 23.7. The topological polar surface area (TPSA) is 134 Å². The van der Waals surface area contributed by atoms with Gasteiger partial charge in [-0.2, -0.15) is 4.98 Å². The van der Waals surface area contributed by atoms with E-state index in [2.05, 4.69) is 26.3 Å². The molecule has 2 aliphatic carbocycles. The summed E-state index contributed by atoms with van der Waals surface area (Å²) in [5.74, 6) is 1.02. The number of ketones is 1. The number of aliphatic hydroxyl groups excluding tert-OH is 1. The molecule has 1 saturated heterocycles. The number of aliphatic hydroxyl groups is 1. The van der Waals surface area contributed by atoms with Crippen molar-refractivity contribution in [2.75, 3.05) is 38.1 Å². The van der Waals surface area contributed by atoms with Gasteiger partial charge in [0, 0.05) is 56.0 Å². The standard InChI is InChI=1S/C30H37N7O4/c1-18-24-16-32-30(34-28(24)37(22-5-3-4-6-22)29(41)27(18)19(2)39)33-25-8-7-20(15-31-25)21-13-23(14-21)35-9-11-36(12-10-35)26(40)17-38/h7-8,15-16,21-23,38H,3-6,9-14,17H2,1-2H3,(H,31,32,33,34). The molecule has 11 heteroatoms. The molecule has 2 N–H and O–H groups in total. The number of pyridine rings is 2. The summed E-state index contributed by atoms with van der Waals surface area (Å²) in [6, 6.07) is 4.57. The Bertz CT molecular complexity index is 1520. The van der Waals surface area contributed by atoms with E-state index in [1.807, 2.05) is 12.3 Å². The van der Waals surface area contributed by atoms with Crippen LogP contribution in [0.15, 0.2) is 29.3 Å². The van der Waals surface area contributed by atoms with Gasteiger partial charge in [-0.25, -0.2) is 9.97 Å². The Balaban J connectivity index is 1.14. The molecule has 3 aliphatic rings. The van der Waals surface area contributed by atoms with Crippen LogP contribution in [0.5, 0.6) is 0 Å². The van der Waals surface area contributed by atoms with Gasteiger partial charge in [-0.1, -0.05) is 18.9 Å². The molecule has 6 rings (SSSR count). The van der Waals surface area contributed by atoms with Crippen molar-refractivity contribution in [1.29, 1.82) is 0 Å². The van der Waals surface area contributed by atoms with E-state index in [-0.39, 0.29) is 28.9 Å². The van der Waals surface area contributed by atoms with Crippen molar-refractivity contribution < 1.29 is 14.7 Å². The number of nitrogens with one attached hydrogen (secondary N) is 1. The maximum Gasteiger partial charge on any atom is 0.263 e. The summed E-state index contributed by atoms with van der Waals surface area (Å²) >= 11 is 0. The Hall–Kier alpha value is -3.70. The van der Waals surface area contributed by atoms with E-state index in [1.165, 1.54) is 12.5 Å². The smallest absolute Gasteiger partial charge is 0.263 e. The van der Waals surface area contributed by atoms with Crippen LogP contribution in [0, 0.1) is 6.92 Å². The number of aryl methyl sites for hydroxylation is 1. The summed E-state index contributed by atoms with van der Waals surface area (Å²) in [4.78, 5) is 55.5. The lowest BCUT2D eigenvalue weighted by atomic mass is 9.75. The van der Waals surface area contributed by atoms with Crippen molar-refractivity contribution in [1.82, 2.24) is 29.3 Å². The van der Waals surface area contributed by atoms with Gasteiger partial charge in [0.2, 0.25) is 11.9 Å². The van der Waals surface area contributed by atoms with Crippen LogP contribution < -0.4 is 10.9 Å². The van der Waals surface area contributed by atoms with Gasteiger partial charge in [-0.3, -0.25) is 23.9 Å². The second kappa shape index (κ2) is 11.3. The molecular weight excluding hydrogens is 522 g/mol. The lowest BCUT2D eigenvalue weighted by molar-refractivity contribution is -0.136. The van der Waals surface area contributed by atoms with Gasteiger partial charge in [0.05, 0.1) is 5.56 Å². The van der Waals surface area contributed by atoms with E-state index in [1.54, 1.807) is 22.6 Å². The summed E-state index contributed by atoms with van der Waals surface area (Å²) in [6.07, 6.45) is 9.63. The van der Waals surface area contributed by atoms with Crippen LogP contribution in [-0.2, 0) is 4.79 Å². The molecule has 1 aliphatic heterocycles. The number of fused-ring (bicyclic) bond motifs is 1. The lowest BCUT2D eigenvalue weighted by Crippen LogP contribution is -2.55. The second-order valence-electron chi connectivity index (χ2n) is 11.6. The predicted molar refractivity (Wildman–Crippen MR) is 155 cm³/mol. The molecular formula is C30H37N7O4. The molecule has 0 radical (unpaired) electrons. The number of carbonyl (C=O) groups excluding carboxylic acids is 2. The first kappa shape index (κ1) is 27.5. The Morgan fingerprint density at radius 2 is 1.76 bits per heavy atom. The molecule has 3 fully saturated rings. The third-order valence-corrected chi connectivity index (χ3v) is 9.18. The highest BCUT2D eigenvalue weighted by Crippen LogP contribution is 2.40.